The Bertz CT molecular complexity index is 281. The highest BCUT2D eigenvalue weighted by Gasteiger charge is 2.30. The molecule has 0 bridgehead atoms. The summed E-state index contributed by atoms with van der Waals surface area (Å²) in [5.74, 6) is 0.119. The van der Waals surface area contributed by atoms with E-state index in [9.17, 15) is 4.79 Å². The van der Waals surface area contributed by atoms with Crippen LogP contribution in [0.4, 0.5) is 0 Å². The number of thioether (sulfide) groups is 1. The molecule has 3 nitrogen and oxygen atoms in total. The largest absolute Gasteiger partial charge is 0.350 e. The van der Waals surface area contributed by atoms with Gasteiger partial charge in [-0.3, -0.25) is 4.79 Å². The third-order valence-corrected chi connectivity index (χ3v) is 5.13. The molecule has 1 rings (SSSR count). The van der Waals surface area contributed by atoms with Gasteiger partial charge in [0.15, 0.2) is 0 Å². The van der Waals surface area contributed by atoms with Crippen LogP contribution in [0.15, 0.2) is 0 Å². The maximum atomic E-state index is 12.1. The molecule has 3 atom stereocenters. The van der Waals surface area contributed by atoms with Crippen molar-refractivity contribution in [3.63, 3.8) is 0 Å². The van der Waals surface area contributed by atoms with Crippen molar-refractivity contribution < 1.29 is 4.79 Å². The first-order valence-corrected chi connectivity index (χ1v) is 8.29. The van der Waals surface area contributed by atoms with E-state index in [1.165, 1.54) is 19.3 Å². The molecule has 0 spiro atoms. The lowest BCUT2D eigenvalue weighted by molar-refractivity contribution is -0.124. The molecule has 2 N–H and O–H groups in total. The average molecular weight is 272 g/mol. The standard InChI is InChI=1S/C14H28N2OS/c1-6-14(3,4)16-13(17)10(2)15-11-8-7-9-12(11)18-5/h10-12,15H,6-9H2,1-5H3,(H,16,17). The topological polar surface area (TPSA) is 41.1 Å². The Balaban J connectivity index is 2.44. The number of amides is 1. The second-order valence-corrected chi connectivity index (χ2v) is 7.00. The number of nitrogens with one attached hydrogen (secondary N) is 2. The van der Waals surface area contributed by atoms with E-state index in [0.717, 1.165) is 6.42 Å². The van der Waals surface area contributed by atoms with Crippen molar-refractivity contribution in [2.24, 2.45) is 0 Å². The van der Waals surface area contributed by atoms with Crippen LogP contribution in [0.1, 0.15) is 53.4 Å². The molecule has 3 unspecified atom stereocenters. The van der Waals surface area contributed by atoms with Gasteiger partial charge in [-0.15, -0.1) is 0 Å². The summed E-state index contributed by atoms with van der Waals surface area (Å²) in [5, 5.41) is 7.26. The van der Waals surface area contributed by atoms with E-state index in [-0.39, 0.29) is 17.5 Å². The molecule has 18 heavy (non-hydrogen) atoms. The van der Waals surface area contributed by atoms with Gasteiger partial charge in [0.25, 0.3) is 0 Å². The number of hydrogen-bond acceptors (Lipinski definition) is 3. The number of rotatable bonds is 6. The van der Waals surface area contributed by atoms with E-state index < -0.39 is 0 Å². The second-order valence-electron chi connectivity index (χ2n) is 5.93. The van der Waals surface area contributed by atoms with Gasteiger partial charge in [0.1, 0.15) is 0 Å². The summed E-state index contributed by atoms with van der Waals surface area (Å²) in [7, 11) is 0. The van der Waals surface area contributed by atoms with Crippen LogP contribution >= 0.6 is 11.8 Å². The zero-order valence-corrected chi connectivity index (χ0v) is 13.2. The zero-order valence-electron chi connectivity index (χ0n) is 12.4. The van der Waals surface area contributed by atoms with Gasteiger partial charge in [-0.05, 0) is 46.3 Å². The predicted molar refractivity (Wildman–Crippen MR) is 80.1 cm³/mol. The Labute approximate surface area is 116 Å². The first-order valence-electron chi connectivity index (χ1n) is 7.00. The van der Waals surface area contributed by atoms with Crippen LogP contribution in [0.5, 0.6) is 0 Å². The Morgan fingerprint density at radius 1 is 1.44 bits per heavy atom. The summed E-state index contributed by atoms with van der Waals surface area (Å²) >= 11 is 1.92. The normalized spacial score (nSPS) is 26.1. The minimum Gasteiger partial charge on any atom is -0.350 e. The fourth-order valence-corrected chi connectivity index (χ4v) is 3.27. The first-order chi connectivity index (χ1) is 8.39. The molecule has 0 aromatic carbocycles. The average Bonchev–Trinajstić information content (AvgIpc) is 2.75. The molecule has 0 radical (unpaired) electrons. The molecule has 0 aliphatic heterocycles. The highest BCUT2D eigenvalue weighted by Crippen LogP contribution is 2.28. The minimum atomic E-state index is -0.110. The lowest BCUT2D eigenvalue weighted by Crippen LogP contribution is -2.53. The highest BCUT2D eigenvalue weighted by atomic mass is 32.2. The van der Waals surface area contributed by atoms with Crippen molar-refractivity contribution in [2.45, 2.75) is 76.3 Å². The van der Waals surface area contributed by atoms with E-state index in [1.807, 2.05) is 18.7 Å². The molecule has 1 fully saturated rings. The van der Waals surface area contributed by atoms with Gasteiger partial charge in [-0.1, -0.05) is 13.3 Å². The smallest absolute Gasteiger partial charge is 0.237 e. The van der Waals surface area contributed by atoms with Crippen LogP contribution in [0.25, 0.3) is 0 Å². The predicted octanol–water partition coefficient (Wildman–Crippen LogP) is 2.55. The fraction of sp³-hybridized carbons (Fsp3) is 0.929. The lowest BCUT2D eigenvalue weighted by atomic mass is 10.0. The van der Waals surface area contributed by atoms with Gasteiger partial charge in [0.2, 0.25) is 5.91 Å². The van der Waals surface area contributed by atoms with Crippen LogP contribution in [0, 0.1) is 0 Å². The van der Waals surface area contributed by atoms with Gasteiger partial charge in [0, 0.05) is 16.8 Å². The Hall–Kier alpha value is -0.220. The van der Waals surface area contributed by atoms with Gasteiger partial charge in [-0.25, -0.2) is 0 Å². The van der Waals surface area contributed by atoms with Gasteiger partial charge in [0.05, 0.1) is 6.04 Å². The van der Waals surface area contributed by atoms with Crippen LogP contribution in [-0.2, 0) is 4.79 Å². The minimum absolute atomic E-state index is 0.103. The van der Waals surface area contributed by atoms with E-state index in [1.54, 1.807) is 0 Å². The Morgan fingerprint density at radius 3 is 2.67 bits per heavy atom. The summed E-state index contributed by atoms with van der Waals surface area (Å²) in [4.78, 5) is 12.1. The first kappa shape index (κ1) is 15.8. The molecule has 0 saturated heterocycles. The summed E-state index contributed by atoms with van der Waals surface area (Å²) in [6, 6.07) is 0.388. The van der Waals surface area contributed by atoms with E-state index >= 15 is 0 Å². The molecule has 0 heterocycles. The molecule has 1 amide bonds. The van der Waals surface area contributed by atoms with E-state index in [4.69, 9.17) is 0 Å². The molecular formula is C14H28N2OS. The van der Waals surface area contributed by atoms with Crippen LogP contribution in [0.3, 0.4) is 0 Å². The molecule has 0 aromatic heterocycles. The van der Waals surface area contributed by atoms with Crippen molar-refractivity contribution in [1.82, 2.24) is 10.6 Å². The monoisotopic (exact) mass is 272 g/mol. The molecular weight excluding hydrogens is 244 g/mol. The van der Waals surface area contributed by atoms with Crippen molar-refractivity contribution in [3.05, 3.63) is 0 Å². The zero-order chi connectivity index (χ0) is 13.8. The molecule has 1 aliphatic carbocycles. The molecule has 1 aliphatic rings. The van der Waals surface area contributed by atoms with Crippen molar-refractivity contribution in [3.8, 4) is 0 Å². The fourth-order valence-electron chi connectivity index (χ4n) is 2.33. The number of carbonyl (C=O) groups excluding carboxylic acids is 1. The van der Waals surface area contributed by atoms with Crippen LogP contribution in [-0.4, -0.2) is 35.0 Å². The third kappa shape index (κ3) is 4.47. The summed E-state index contributed by atoms with van der Waals surface area (Å²) in [6.45, 7) is 8.20. The van der Waals surface area contributed by atoms with Gasteiger partial charge < -0.3 is 10.6 Å². The maximum Gasteiger partial charge on any atom is 0.237 e. The summed E-state index contributed by atoms with van der Waals surface area (Å²) in [6.07, 6.45) is 6.85. The second kappa shape index (κ2) is 6.80. The maximum absolute atomic E-state index is 12.1. The van der Waals surface area contributed by atoms with Gasteiger partial charge in [-0.2, -0.15) is 11.8 Å². The number of carbonyl (C=O) groups is 1. The van der Waals surface area contributed by atoms with E-state index in [2.05, 4.69) is 37.7 Å². The Kier molecular flexibility index (Phi) is 5.99. The van der Waals surface area contributed by atoms with E-state index in [0.29, 0.717) is 11.3 Å². The van der Waals surface area contributed by atoms with Gasteiger partial charge >= 0.3 is 0 Å². The SMILES string of the molecule is CCC(C)(C)NC(=O)C(C)NC1CCCC1SC. The third-order valence-electron chi connectivity index (χ3n) is 3.96. The molecule has 4 heteroatoms. The molecule has 1 saturated carbocycles. The Morgan fingerprint density at radius 2 is 2.11 bits per heavy atom. The highest BCUT2D eigenvalue weighted by molar-refractivity contribution is 7.99. The summed E-state index contributed by atoms with van der Waals surface area (Å²) in [5.41, 5.74) is -0.110. The number of hydrogen-bond donors (Lipinski definition) is 2. The van der Waals surface area contributed by atoms with Crippen LogP contribution < -0.4 is 10.6 Å². The quantitative estimate of drug-likeness (QED) is 0.781. The molecule has 106 valence electrons. The van der Waals surface area contributed by atoms with Crippen molar-refractivity contribution in [1.29, 1.82) is 0 Å². The molecule has 0 aromatic rings. The summed E-state index contributed by atoms with van der Waals surface area (Å²) < 4.78 is 0. The van der Waals surface area contributed by atoms with Crippen molar-refractivity contribution >= 4 is 17.7 Å². The van der Waals surface area contributed by atoms with Crippen molar-refractivity contribution in [2.75, 3.05) is 6.26 Å². The lowest BCUT2D eigenvalue weighted by Gasteiger charge is -2.29. The van der Waals surface area contributed by atoms with Crippen LogP contribution in [0.2, 0.25) is 0 Å².